The Hall–Kier alpha value is -2.99. The third-order valence-electron chi connectivity index (χ3n) is 4.04. The number of carbonyl (C=O) groups is 2. The number of hydrogen-bond acceptors (Lipinski definition) is 4. The molecule has 1 atom stereocenters. The average Bonchev–Trinajstić information content (AvgIpc) is 2.67. The third kappa shape index (κ3) is 5.01. The summed E-state index contributed by atoms with van der Waals surface area (Å²) in [5.74, 6) is -0.326. The summed E-state index contributed by atoms with van der Waals surface area (Å²) in [7, 11) is 0. The number of nitrogens with two attached hydrogens (primary N) is 1. The van der Waals surface area contributed by atoms with Crippen LogP contribution in [0.5, 0.6) is 0 Å². The number of benzene rings is 3. The van der Waals surface area contributed by atoms with E-state index < -0.39 is 6.04 Å². The minimum Gasteiger partial charge on any atom is -0.373 e. The molecule has 138 valence electrons. The van der Waals surface area contributed by atoms with Gasteiger partial charge >= 0.3 is 0 Å². The van der Waals surface area contributed by atoms with Gasteiger partial charge in [-0.3, -0.25) is 9.59 Å². The van der Waals surface area contributed by atoms with Crippen LogP contribution in [0.3, 0.4) is 0 Å². The van der Waals surface area contributed by atoms with E-state index >= 15 is 0 Å². The molecule has 4 N–H and O–H groups in total. The summed E-state index contributed by atoms with van der Waals surface area (Å²) in [6.45, 7) is 1.80. The quantitative estimate of drug-likeness (QED) is 0.544. The molecular formula is C21H21N3O2S. The summed E-state index contributed by atoms with van der Waals surface area (Å²) in [5, 5.41) is 8.35. The van der Waals surface area contributed by atoms with E-state index in [0.717, 1.165) is 27.0 Å². The normalized spacial score (nSPS) is 11.7. The van der Waals surface area contributed by atoms with Crippen LogP contribution in [0.2, 0.25) is 0 Å². The van der Waals surface area contributed by atoms with E-state index in [2.05, 4.69) is 10.6 Å². The molecule has 0 aliphatic heterocycles. The molecule has 0 saturated carbocycles. The second-order valence-corrected chi connectivity index (χ2v) is 7.19. The van der Waals surface area contributed by atoms with Crippen molar-refractivity contribution >= 4 is 45.7 Å². The summed E-state index contributed by atoms with van der Waals surface area (Å²) in [6, 6.07) is 20.9. The first-order valence-electron chi connectivity index (χ1n) is 8.59. The molecule has 3 aromatic rings. The second kappa shape index (κ2) is 8.60. The first-order valence-corrected chi connectivity index (χ1v) is 9.58. The molecule has 0 heterocycles. The molecule has 0 fully saturated rings. The number of thioether (sulfide) groups is 1. The van der Waals surface area contributed by atoms with Gasteiger partial charge < -0.3 is 16.4 Å². The lowest BCUT2D eigenvalue weighted by molar-refractivity contribution is -0.117. The van der Waals surface area contributed by atoms with Crippen molar-refractivity contribution in [2.24, 2.45) is 5.73 Å². The summed E-state index contributed by atoms with van der Waals surface area (Å²) < 4.78 is 0. The fourth-order valence-electron chi connectivity index (χ4n) is 2.68. The van der Waals surface area contributed by atoms with E-state index in [4.69, 9.17) is 5.73 Å². The third-order valence-corrected chi connectivity index (χ3v) is 5.14. The fourth-order valence-corrected chi connectivity index (χ4v) is 3.43. The Bertz CT molecular complexity index is 974. The molecule has 0 spiro atoms. The Morgan fingerprint density at radius 1 is 1.00 bits per heavy atom. The number of hydrogen-bond donors (Lipinski definition) is 3. The second-order valence-electron chi connectivity index (χ2n) is 6.17. The molecule has 3 aromatic carbocycles. The molecular weight excluding hydrogens is 358 g/mol. The number of rotatable bonds is 7. The zero-order valence-electron chi connectivity index (χ0n) is 14.9. The zero-order valence-corrected chi connectivity index (χ0v) is 15.8. The molecule has 0 radical (unpaired) electrons. The van der Waals surface area contributed by atoms with Crippen molar-refractivity contribution in [3.63, 3.8) is 0 Å². The van der Waals surface area contributed by atoms with Crippen LogP contribution in [0.15, 0.2) is 71.6 Å². The number of carbonyl (C=O) groups excluding carboxylic acids is 2. The van der Waals surface area contributed by atoms with Gasteiger partial charge in [-0.05, 0) is 42.0 Å². The first kappa shape index (κ1) is 18.8. The van der Waals surface area contributed by atoms with Gasteiger partial charge in [0.15, 0.2) is 0 Å². The number of para-hydroxylation sites is 1. The lowest BCUT2D eigenvalue weighted by Gasteiger charge is -2.18. The van der Waals surface area contributed by atoms with Crippen LogP contribution >= 0.6 is 11.8 Å². The van der Waals surface area contributed by atoms with Crippen LogP contribution in [-0.4, -0.2) is 23.6 Å². The van der Waals surface area contributed by atoms with Crippen LogP contribution in [0.25, 0.3) is 10.8 Å². The Morgan fingerprint density at radius 3 is 2.48 bits per heavy atom. The van der Waals surface area contributed by atoms with Gasteiger partial charge in [0.1, 0.15) is 6.04 Å². The van der Waals surface area contributed by atoms with Crippen molar-refractivity contribution in [1.29, 1.82) is 0 Å². The van der Waals surface area contributed by atoms with Crippen molar-refractivity contribution < 1.29 is 9.59 Å². The number of amides is 2. The van der Waals surface area contributed by atoms with Crippen LogP contribution in [0.1, 0.15) is 6.92 Å². The van der Waals surface area contributed by atoms with Crippen LogP contribution in [0.4, 0.5) is 11.4 Å². The highest BCUT2D eigenvalue weighted by atomic mass is 32.2. The topological polar surface area (TPSA) is 84.2 Å². The predicted molar refractivity (Wildman–Crippen MR) is 112 cm³/mol. The number of nitrogens with one attached hydrogen (secondary N) is 2. The van der Waals surface area contributed by atoms with Crippen LogP contribution in [0, 0.1) is 0 Å². The molecule has 0 aliphatic carbocycles. The monoisotopic (exact) mass is 379 g/mol. The van der Waals surface area contributed by atoms with E-state index in [0.29, 0.717) is 0 Å². The van der Waals surface area contributed by atoms with E-state index in [-0.39, 0.29) is 17.6 Å². The Morgan fingerprint density at radius 2 is 1.70 bits per heavy atom. The minimum absolute atomic E-state index is 0.139. The molecule has 27 heavy (non-hydrogen) atoms. The molecule has 0 bridgehead atoms. The molecule has 2 amide bonds. The van der Waals surface area contributed by atoms with Crippen molar-refractivity contribution in [2.45, 2.75) is 17.9 Å². The Balaban J connectivity index is 1.67. The van der Waals surface area contributed by atoms with Gasteiger partial charge in [0.25, 0.3) is 0 Å². The maximum absolute atomic E-state index is 12.6. The van der Waals surface area contributed by atoms with Crippen LogP contribution in [-0.2, 0) is 9.59 Å². The summed E-state index contributed by atoms with van der Waals surface area (Å²) in [4.78, 5) is 24.5. The molecule has 0 aromatic heterocycles. The highest BCUT2D eigenvalue weighted by Crippen LogP contribution is 2.27. The summed E-state index contributed by atoms with van der Waals surface area (Å²) >= 11 is 1.35. The van der Waals surface area contributed by atoms with Gasteiger partial charge in [0, 0.05) is 16.3 Å². The van der Waals surface area contributed by atoms with Crippen LogP contribution < -0.4 is 16.4 Å². The molecule has 6 heteroatoms. The van der Waals surface area contributed by atoms with Gasteiger partial charge in [-0.15, -0.1) is 11.8 Å². The number of anilines is 2. The summed E-state index contributed by atoms with van der Waals surface area (Å²) in [5.41, 5.74) is 6.77. The van der Waals surface area contributed by atoms with E-state index in [1.165, 1.54) is 11.8 Å². The zero-order chi connectivity index (χ0) is 19.2. The lowest BCUT2D eigenvalue weighted by Crippen LogP contribution is -2.32. The van der Waals surface area contributed by atoms with Gasteiger partial charge in [-0.25, -0.2) is 0 Å². The minimum atomic E-state index is -0.452. The largest absolute Gasteiger partial charge is 0.373 e. The van der Waals surface area contributed by atoms with Crippen molar-refractivity contribution in [2.75, 3.05) is 16.4 Å². The maximum atomic E-state index is 12.6. The maximum Gasteiger partial charge on any atom is 0.246 e. The van der Waals surface area contributed by atoms with E-state index in [9.17, 15) is 9.59 Å². The van der Waals surface area contributed by atoms with Gasteiger partial charge in [0.05, 0.1) is 5.75 Å². The van der Waals surface area contributed by atoms with Crippen molar-refractivity contribution in [3.8, 4) is 0 Å². The van der Waals surface area contributed by atoms with E-state index in [1.54, 1.807) is 6.92 Å². The molecule has 0 saturated heterocycles. The Labute approximate surface area is 162 Å². The van der Waals surface area contributed by atoms with E-state index in [1.807, 2.05) is 66.7 Å². The van der Waals surface area contributed by atoms with Crippen molar-refractivity contribution in [1.82, 2.24) is 0 Å². The molecule has 5 nitrogen and oxygen atoms in total. The molecule has 0 aliphatic rings. The SMILES string of the molecule is C[C@@H](Nc1ccccc1SCC(N)=O)C(=O)Nc1ccc2ccccc2c1. The Kier molecular flexibility index (Phi) is 5.98. The smallest absolute Gasteiger partial charge is 0.246 e. The highest BCUT2D eigenvalue weighted by molar-refractivity contribution is 8.00. The standard InChI is InChI=1S/C21H21N3O2S/c1-14(23-18-8-4-5-9-19(18)27-13-20(22)25)21(26)24-17-11-10-15-6-2-3-7-16(15)12-17/h2-12,14,23H,13H2,1H3,(H2,22,25)(H,24,26)/t14-/m1/s1. The summed E-state index contributed by atoms with van der Waals surface area (Å²) in [6.07, 6.45) is 0. The van der Waals surface area contributed by atoms with Gasteiger partial charge in [-0.2, -0.15) is 0 Å². The highest BCUT2D eigenvalue weighted by Gasteiger charge is 2.15. The predicted octanol–water partition coefficient (Wildman–Crippen LogP) is 3.86. The first-order chi connectivity index (χ1) is 13.0. The van der Waals surface area contributed by atoms with Gasteiger partial charge in [0.2, 0.25) is 11.8 Å². The lowest BCUT2D eigenvalue weighted by atomic mass is 10.1. The number of fused-ring (bicyclic) bond motifs is 1. The van der Waals surface area contributed by atoms with Gasteiger partial charge in [-0.1, -0.05) is 42.5 Å². The van der Waals surface area contributed by atoms with Crippen molar-refractivity contribution in [3.05, 3.63) is 66.7 Å². The average molecular weight is 379 g/mol. The fraction of sp³-hybridized carbons (Fsp3) is 0.143. The number of primary amides is 1. The molecule has 0 unspecified atom stereocenters. The molecule has 3 rings (SSSR count).